The second kappa shape index (κ2) is 7.42. The van der Waals surface area contributed by atoms with Crippen molar-refractivity contribution < 1.29 is 9.66 Å². The van der Waals surface area contributed by atoms with E-state index in [9.17, 15) is 10.1 Å². The summed E-state index contributed by atoms with van der Waals surface area (Å²) in [6.07, 6.45) is 6.62. The predicted octanol–water partition coefficient (Wildman–Crippen LogP) is 3.66. The molecule has 0 spiro atoms. The van der Waals surface area contributed by atoms with Gasteiger partial charge in [0.05, 0.1) is 21.4 Å². The van der Waals surface area contributed by atoms with Gasteiger partial charge in [0.25, 0.3) is 5.69 Å². The van der Waals surface area contributed by atoms with E-state index in [4.69, 9.17) is 11.2 Å². The molecule has 0 bridgehead atoms. The molecule has 0 saturated carbocycles. The zero-order chi connectivity index (χ0) is 17.6. The van der Waals surface area contributed by atoms with Crippen molar-refractivity contribution in [1.82, 2.24) is 4.98 Å². The molecule has 124 valence electrons. The molecule has 0 radical (unpaired) electrons. The smallest absolute Gasteiger partial charge is 0.270 e. The summed E-state index contributed by atoms with van der Waals surface area (Å²) >= 11 is 1.46. The maximum absolute atomic E-state index is 10.9. The molecule has 0 aliphatic heterocycles. The predicted molar refractivity (Wildman–Crippen MR) is 98.3 cm³/mol. The summed E-state index contributed by atoms with van der Waals surface area (Å²) in [6.45, 7) is 0.0595. The van der Waals surface area contributed by atoms with Crippen LogP contribution in [0.2, 0.25) is 0 Å². The third-order valence-electron chi connectivity index (χ3n) is 3.17. The van der Waals surface area contributed by atoms with Crippen LogP contribution in [0, 0.1) is 22.5 Å². The Labute approximate surface area is 147 Å². The van der Waals surface area contributed by atoms with Crippen LogP contribution in [0.15, 0.2) is 47.6 Å². The number of nitrogens with zero attached hydrogens (tertiary/aromatic N) is 3. The number of hydrazone groups is 1. The minimum absolute atomic E-state index is 0.0595. The van der Waals surface area contributed by atoms with Crippen molar-refractivity contribution >= 4 is 38.6 Å². The Balaban J connectivity index is 1.81. The van der Waals surface area contributed by atoms with Crippen molar-refractivity contribution in [1.29, 1.82) is 0 Å². The summed E-state index contributed by atoms with van der Waals surface area (Å²) in [5.74, 6) is 2.77. The molecule has 0 atom stereocenters. The van der Waals surface area contributed by atoms with Gasteiger partial charge in [-0.2, -0.15) is 5.10 Å². The summed E-state index contributed by atoms with van der Waals surface area (Å²) in [7, 11) is 0. The second-order valence-electron chi connectivity index (χ2n) is 4.83. The van der Waals surface area contributed by atoms with E-state index in [0.29, 0.717) is 16.4 Å². The third kappa shape index (κ3) is 3.91. The molecule has 8 heteroatoms. The van der Waals surface area contributed by atoms with Crippen molar-refractivity contribution in [3.8, 4) is 18.1 Å². The maximum Gasteiger partial charge on any atom is 0.270 e. The van der Waals surface area contributed by atoms with Crippen LogP contribution in [0.4, 0.5) is 10.8 Å². The van der Waals surface area contributed by atoms with E-state index in [-0.39, 0.29) is 12.3 Å². The highest BCUT2D eigenvalue weighted by Gasteiger charge is 2.10. The maximum atomic E-state index is 10.9. The van der Waals surface area contributed by atoms with Gasteiger partial charge in [-0.15, -0.1) is 6.42 Å². The van der Waals surface area contributed by atoms with Crippen LogP contribution >= 0.6 is 11.3 Å². The number of ether oxygens (including phenoxy) is 1. The van der Waals surface area contributed by atoms with E-state index in [1.54, 1.807) is 0 Å². The fourth-order valence-electron chi connectivity index (χ4n) is 2.08. The number of para-hydroxylation sites is 1. The highest BCUT2D eigenvalue weighted by molar-refractivity contribution is 7.22. The summed E-state index contributed by atoms with van der Waals surface area (Å²) < 4.78 is 6.42. The molecule has 1 heterocycles. The lowest BCUT2D eigenvalue weighted by molar-refractivity contribution is -0.384. The average Bonchev–Trinajstić information content (AvgIpc) is 3.03. The number of hydrogen-bond donors (Lipinski definition) is 1. The molecular weight excluding hydrogens is 340 g/mol. The highest BCUT2D eigenvalue weighted by atomic mass is 32.1. The van der Waals surface area contributed by atoms with Crippen molar-refractivity contribution in [2.75, 3.05) is 12.0 Å². The van der Waals surface area contributed by atoms with E-state index in [1.165, 1.54) is 35.8 Å². The molecule has 0 aliphatic rings. The van der Waals surface area contributed by atoms with Gasteiger partial charge in [-0.25, -0.2) is 4.98 Å². The first kappa shape index (κ1) is 16.4. The number of nitro benzene ring substituents is 1. The van der Waals surface area contributed by atoms with E-state index < -0.39 is 4.92 Å². The van der Waals surface area contributed by atoms with E-state index in [0.717, 1.165) is 10.2 Å². The summed E-state index contributed by atoms with van der Waals surface area (Å²) in [5, 5.41) is 15.7. The average molecular weight is 352 g/mol. The standard InChI is InChI=1S/C17H12N4O3S/c1-2-9-24-15-8-7-13(21(22)23)10-12(15)11-18-20-17-19-14-5-3-4-6-16(14)25-17/h1,3-8,10-11H,9H2,(H,19,20)/b18-11-. The van der Waals surface area contributed by atoms with Gasteiger partial charge in [-0.3, -0.25) is 15.5 Å². The number of nitrogens with one attached hydrogen (secondary N) is 1. The van der Waals surface area contributed by atoms with Crippen molar-refractivity contribution in [3.05, 3.63) is 58.1 Å². The molecule has 1 aromatic heterocycles. The number of thiazole rings is 1. The topological polar surface area (TPSA) is 89.7 Å². The lowest BCUT2D eigenvalue weighted by Crippen LogP contribution is -2.00. The number of aromatic nitrogens is 1. The van der Waals surface area contributed by atoms with Crippen molar-refractivity contribution in [3.63, 3.8) is 0 Å². The minimum atomic E-state index is -0.483. The fourth-order valence-corrected chi connectivity index (χ4v) is 2.89. The molecule has 3 rings (SSSR count). The molecule has 0 fully saturated rings. The lowest BCUT2D eigenvalue weighted by Gasteiger charge is -2.05. The molecule has 7 nitrogen and oxygen atoms in total. The van der Waals surface area contributed by atoms with Crippen LogP contribution in [0.1, 0.15) is 5.56 Å². The molecular formula is C17H12N4O3S. The first-order chi connectivity index (χ1) is 12.2. The number of rotatable bonds is 6. The molecule has 3 aromatic rings. The van der Waals surface area contributed by atoms with Gasteiger partial charge in [0.2, 0.25) is 5.13 Å². The Morgan fingerprint density at radius 3 is 3.00 bits per heavy atom. The van der Waals surface area contributed by atoms with E-state index in [2.05, 4.69) is 21.4 Å². The fraction of sp³-hybridized carbons (Fsp3) is 0.0588. The number of hydrogen-bond acceptors (Lipinski definition) is 7. The van der Waals surface area contributed by atoms with Gasteiger partial charge < -0.3 is 4.74 Å². The van der Waals surface area contributed by atoms with Gasteiger partial charge in [0.1, 0.15) is 12.4 Å². The molecule has 0 amide bonds. The number of non-ortho nitro benzene ring substituents is 1. The van der Waals surface area contributed by atoms with Crippen LogP contribution in [0.5, 0.6) is 5.75 Å². The number of fused-ring (bicyclic) bond motifs is 1. The summed E-state index contributed by atoms with van der Waals surface area (Å²) in [4.78, 5) is 14.8. The number of nitro groups is 1. The highest BCUT2D eigenvalue weighted by Crippen LogP contribution is 2.26. The molecule has 2 aromatic carbocycles. The van der Waals surface area contributed by atoms with Crippen LogP contribution < -0.4 is 10.2 Å². The van der Waals surface area contributed by atoms with Crippen molar-refractivity contribution in [2.45, 2.75) is 0 Å². The first-order valence-corrected chi connectivity index (χ1v) is 7.98. The Morgan fingerprint density at radius 2 is 2.24 bits per heavy atom. The van der Waals surface area contributed by atoms with Gasteiger partial charge in [-0.05, 0) is 18.2 Å². The quantitative estimate of drug-likeness (QED) is 0.316. The molecule has 25 heavy (non-hydrogen) atoms. The van der Waals surface area contributed by atoms with Gasteiger partial charge in [0, 0.05) is 17.7 Å². The van der Waals surface area contributed by atoms with Gasteiger partial charge in [0.15, 0.2) is 0 Å². The zero-order valence-electron chi connectivity index (χ0n) is 12.9. The third-order valence-corrected chi connectivity index (χ3v) is 4.11. The van der Waals surface area contributed by atoms with Crippen LogP contribution in [-0.2, 0) is 0 Å². The normalized spacial score (nSPS) is 10.7. The Hall–Kier alpha value is -3.44. The van der Waals surface area contributed by atoms with Crippen LogP contribution in [0.3, 0.4) is 0 Å². The van der Waals surface area contributed by atoms with E-state index in [1.807, 2.05) is 24.3 Å². The van der Waals surface area contributed by atoms with Crippen LogP contribution in [-0.4, -0.2) is 22.7 Å². The Morgan fingerprint density at radius 1 is 1.40 bits per heavy atom. The van der Waals surface area contributed by atoms with E-state index >= 15 is 0 Å². The summed E-state index contributed by atoms with van der Waals surface area (Å²) in [6, 6.07) is 11.9. The molecule has 0 unspecified atom stereocenters. The monoisotopic (exact) mass is 352 g/mol. The summed E-state index contributed by atoms with van der Waals surface area (Å²) in [5.41, 5.74) is 4.08. The van der Waals surface area contributed by atoms with Gasteiger partial charge >= 0.3 is 0 Å². The Bertz CT molecular complexity index is 958. The molecule has 0 saturated heterocycles. The zero-order valence-corrected chi connectivity index (χ0v) is 13.7. The minimum Gasteiger partial charge on any atom is -0.480 e. The first-order valence-electron chi connectivity index (χ1n) is 7.17. The lowest BCUT2D eigenvalue weighted by atomic mass is 10.2. The molecule has 1 N–H and O–H groups in total. The number of terminal acetylenes is 1. The number of anilines is 1. The van der Waals surface area contributed by atoms with Crippen LogP contribution in [0.25, 0.3) is 10.2 Å². The molecule has 0 aliphatic carbocycles. The van der Waals surface area contributed by atoms with Crippen molar-refractivity contribution in [2.24, 2.45) is 5.10 Å². The second-order valence-corrected chi connectivity index (χ2v) is 5.86. The van der Waals surface area contributed by atoms with Gasteiger partial charge in [-0.1, -0.05) is 29.4 Å². The Kier molecular flexibility index (Phi) is 4.87. The number of benzene rings is 2. The largest absolute Gasteiger partial charge is 0.480 e. The SMILES string of the molecule is C#CCOc1ccc([N+](=O)[O-])cc1/C=N\Nc1nc2ccccc2s1.